The molecule has 2 bridgehead atoms. The van der Waals surface area contributed by atoms with Crippen LogP contribution in [-0.4, -0.2) is 66.3 Å². The first-order chi connectivity index (χ1) is 24.7. The molecule has 3 fully saturated rings. The second-order valence-corrected chi connectivity index (χ2v) is 15.1. The number of nitrogen functional groups attached to an aromatic ring is 1. The summed E-state index contributed by atoms with van der Waals surface area (Å²) in [5, 5.41) is 33.3. The monoisotopic (exact) mass is 730 g/mol. The van der Waals surface area contributed by atoms with E-state index in [4.69, 9.17) is 16.3 Å². The Morgan fingerprint density at radius 1 is 1.12 bits per heavy atom. The first kappa shape index (κ1) is 36.5. The Morgan fingerprint density at radius 3 is 2.47 bits per heavy atom. The molecular formula is C38H46N6O5S2. The Kier molecular flexibility index (Phi) is 11.8. The Hall–Kier alpha value is -4.24. The highest BCUT2D eigenvalue weighted by Crippen LogP contribution is 2.45. The van der Waals surface area contributed by atoms with Gasteiger partial charge < -0.3 is 41.2 Å². The van der Waals surface area contributed by atoms with Gasteiger partial charge in [0.25, 0.3) is 0 Å². The van der Waals surface area contributed by atoms with Crippen molar-refractivity contribution in [1.29, 1.82) is 0 Å². The van der Waals surface area contributed by atoms with Crippen molar-refractivity contribution in [2.45, 2.75) is 44.4 Å². The van der Waals surface area contributed by atoms with Gasteiger partial charge in [-0.25, -0.2) is 10.6 Å². The highest BCUT2D eigenvalue weighted by atomic mass is 32.1. The highest BCUT2D eigenvalue weighted by Gasteiger charge is 2.52. The zero-order chi connectivity index (χ0) is 36.0. The van der Waals surface area contributed by atoms with Crippen LogP contribution in [0.1, 0.15) is 46.2 Å². The number of benzene rings is 2. The fraction of sp³-hybridized carbons (Fsp3) is 0.368. The molecule has 1 saturated carbocycles. The Bertz CT molecular complexity index is 1770. The molecule has 2 aromatic carbocycles. The van der Waals surface area contributed by atoms with Crippen LogP contribution in [0.5, 0.6) is 5.75 Å². The van der Waals surface area contributed by atoms with Gasteiger partial charge in [-0.05, 0) is 91.5 Å². The van der Waals surface area contributed by atoms with Crippen LogP contribution in [0.3, 0.4) is 0 Å². The van der Waals surface area contributed by atoms with Crippen molar-refractivity contribution < 1.29 is 24.5 Å². The van der Waals surface area contributed by atoms with Crippen LogP contribution < -0.4 is 27.2 Å². The predicted molar refractivity (Wildman–Crippen MR) is 204 cm³/mol. The number of allylic oxidation sites excluding steroid dienone is 1. The zero-order valence-corrected chi connectivity index (χ0v) is 30.3. The molecule has 1 amide bonds. The molecule has 8 N–H and O–H groups in total. The quantitative estimate of drug-likeness (QED) is 0.0167. The number of aromatic hydroxyl groups is 1. The van der Waals surface area contributed by atoms with Gasteiger partial charge in [0.05, 0.1) is 26.8 Å². The van der Waals surface area contributed by atoms with Crippen LogP contribution in [-0.2, 0) is 32.9 Å². The number of esters is 1. The fourth-order valence-corrected chi connectivity index (χ4v) is 8.98. The van der Waals surface area contributed by atoms with E-state index in [0.29, 0.717) is 53.6 Å². The van der Waals surface area contributed by atoms with Gasteiger partial charge in [-0.15, -0.1) is 22.7 Å². The number of ether oxygens (including phenoxy) is 1. The van der Waals surface area contributed by atoms with Crippen molar-refractivity contribution in [3.8, 4) is 5.75 Å². The number of hydrazine groups is 1. The molecule has 1 aliphatic carbocycles. The summed E-state index contributed by atoms with van der Waals surface area (Å²) in [6, 6.07) is 16.6. The molecule has 2 atom stereocenters. The van der Waals surface area contributed by atoms with Crippen molar-refractivity contribution >= 4 is 58.2 Å². The molecule has 13 heteroatoms. The number of nitrogens with one attached hydrogen (secondary N) is 2. The van der Waals surface area contributed by atoms with E-state index in [9.17, 15) is 19.8 Å². The number of carbonyl (C=O) groups excluding carboxylic acids is 2. The third kappa shape index (κ3) is 7.98. The second kappa shape index (κ2) is 16.4. The lowest BCUT2D eigenvalue weighted by Gasteiger charge is -2.53. The van der Waals surface area contributed by atoms with Crippen molar-refractivity contribution in [3.05, 3.63) is 97.9 Å². The summed E-state index contributed by atoms with van der Waals surface area (Å²) >= 11 is 2.71. The van der Waals surface area contributed by atoms with Crippen LogP contribution in [0.4, 0.5) is 17.1 Å². The number of hydrogen-bond acceptors (Lipinski definition) is 12. The number of anilines is 3. The largest absolute Gasteiger partial charge is 0.506 e. The van der Waals surface area contributed by atoms with Crippen LogP contribution in [0.25, 0.3) is 6.08 Å². The number of amides is 1. The smallest absolute Gasteiger partial charge is 0.349 e. The lowest BCUT2D eigenvalue weighted by molar-refractivity contribution is -0.193. The summed E-state index contributed by atoms with van der Waals surface area (Å²) < 4.78 is 6.05. The first-order valence-corrected chi connectivity index (χ1v) is 19.0. The number of aliphatic hydroxyl groups is 1. The molecule has 2 saturated heterocycles. The van der Waals surface area contributed by atoms with E-state index in [1.807, 2.05) is 66.2 Å². The van der Waals surface area contributed by atoms with Gasteiger partial charge in [0.15, 0.2) is 0 Å². The van der Waals surface area contributed by atoms with E-state index < -0.39 is 11.6 Å². The number of thiophene rings is 2. The summed E-state index contributed by atoms with van der Waals surface area (Å²) in [4.78, 5) is 28.1. The van der Waals surface area contributed by atoms with E-state index in [2.05, 4.69) is 15.5 Å². The normalized spacial score (nSPS) is 18.8. The molecule has 4 heterocycles. The van der Waals surface area contributed by atoms with Crippen LogP contribution in [0.15, 0.2) is 71.4 Å². The van der Waals surface area contributed by atoms with Gasteiger partial charge in [0.2, 0.25) is 12.0 Å². The lowest BCUT2D eigenvalue weighted by Crippen LogP contribution is -2.60. The van der Waals surface area contributed by atoms with Gasteiger partial charge >= 0.3 is 5.97 Å². The van der Waals surface area contributed by atoms with E-state index in [1.165, 1.54) is 22.7 Å². The van der Waals surface area contributed by atoms with Gasteiger partial charge in [-0.3, -0.25) is 4.79 Å². The van der Waals surface area contributed by atoms with Gasteiger partial charge in [-0.2, -0.15) is 0 Å². The van der Waals surface area contributed by atoms with E-state index in [0.717, 1.165) is 54.9 Å². The molecule has 51 heavy (non-hydrogen) atoms. The Labute approximate surface area is 306 Å². The van der Waals surface area contributed by atoms with Crippen molar-refractivity contribution in [3.63, 3.8) is 0 Å². The molecule has 2 unspecified atom stereocenters. The minimum absolute atomic E-state index is 0.0308. The maximum atomic E-state index is 13.5. The fourth-order valence-electron chi connectivity index (χ4n) is 7.27. The maximum Gasteiger partial charge on any atom is 0.349 e. The molecule has 2 aromatic heterocycles. The number of nitrogens with zero attached hydrogens (tertiary/aromatic N) is 2. The van der Waals surface area contributed by atoms with Crippen LogP contribution in [0, 0.1) is 11.8 Å². The van der Waals surface area contributed by atoms with Crippen molar-refractivity contribution in [1.82, 2.24) is 10.2 Å². The minimum Gasteiger partial charge on any atom is -0.506 e. The number of carbonyl (C=O) groups is 2. The third-order valence-electron chi connectivity index (χ3n) is 9.84. The van der Waals surface area contributed by atoms with E-state index in [1.54, 1.807) is 23.2 Å². The lowest BCUT2D eigenvalue weighted by atomic mass is 9.68. The molecule has 7 rings (SSSR count). The summed E-state index contributed by atoms with van der Waals surface area (Å²) in [5.41, 5.74) is 9.30. The number of nitrogens with two attached hydrogens (primary N) is 2. The number of hydrogen-bond donors (Lipinski definition) is 6. The van der Waals surface area contributed by atoms with Crippen molar-refractivity contribution in [2.75, 3.05) is 48.8 Å². The second-order valence-electron chi connectivity index (χ2n) is 13.2. The average Bonchev–Trinajstić information content (AvgIpc) is 3.88. The standard InChI is InChI=1S/C38H46N6O5S2/c1-2-6-29-26(10-12-32(46)35(29)42-24-45)13-14-41-21-25-9-11-31(30(39)19-25)44(40)16-5-15-43-22-27-20-28(23-43)36(27)49-37(47)38(48,33-7-3-17-50-33)34-8-4-18-51-34/h2-4,6-12,17-19,24,27-28,36,41,46,48H,5,13-16,20-23,39-40H2,1H3,(H,42,45)/b6-2-. The van der Waals surface area contributed by atoms with Gasteiger partial charge in [-0.1, -0.05) is 36.4 Å². The Balaban J connectivity index is 0.939. The summed E-state index contributed by atoms with van der Waals surface area (Å²) in [6.07, 6.45) is 6.73. The maximum absolute atomic E-state index is 13.5. The Morgan fingerprint density at radius 2 is 1.84 bits per heavy atom. The van der Waals surface area contributed by atoms with Gasteiger partial charge in [0, 0.05) is 43.6 Å². The van der Waals surface area contributed by atoms with E-state index >= 15 is 0 Å². The van der Waals surface area contributed by atoms with Crippen molar-refractivity contribution in [2.24, 2.45) is 17.7 Å². The molecular weight excluding hydrogens is 685 g/mol. The average molecular weight is 731 g/mol. The first-order valence-electron chi connectivity index (χ1n) is 17.3. The number of phenolic OH excluding ortho intramolecular Hbond substituents is 1. The number of phenols is 1. The highest BCUT2D eigenvalue weighted by molar-refractivity contribution is 7.12. The topological polar surface area (TPSA) is 166 Å². The number of piperidine rings is 2. The zero-order valence-electron chi connectivity index (χ0n) is 28.7. The molecule has 11 nitrogen and oxygen atoms in total. The SMILES string of the molecule is C/C=C\c1c(CCNCc2ccc(N(N)CCCN3CC4CC(C3)C4OC(=O)C(O)(c3cccs3)c3cccs3)c(N)c2)ccc(O)c1NC=O. The third-order valence-corrected chi connectivity index (χ3v) is 11.8. The minimum atomic E-state index is -1.78. The molecule has 3 aliphatic rings. The van der Waals surface area contributed by atoms with E-state index in [-0.39, 0.29) is 23.7 Å². The number of fused-ring (bicyclic) bond motifs is 2. The molecule has 0 spiro atoms. The summed E-state index contributed by atoms with van der Waals surface area (Å²) in [6.45, 7) is 6.42. The number of rotatable bonds is 17. The summed E-state index contributed by atoms with van der Waals surface area (Å²) in [7, 11) is 0. The molecule has 2 aliphatic heterocycles. The molecule has 4 aromatic rings. The molecule has 0 radical (unpaired) electrons. The predicted octanol–water partition coefficient (Wildman–Crippen LogP) is 4.90. The van der Waals surface area contributed by atoms with Crippen LogP contribution in [0.2, 0.25) is 0 Å². The summed E-state index contributed by atoms with van der Waals surface area (Å²) in [5.74, 6) is 6.40. The van der Waals surface area contributed by atoms with Gasteiger partial charge in [0.1, 0.15) is 11.9 Å². The van der Waals surface area contributed by atoms with Crippen LogP contribution >= 0.6 is 22.7 Å². The molecule has 270 valence electrons.